The molecule has 0 aliphatic rings. The smallest absolute Gasteiger partial charge is 0.277 e. The fraction of sp³-hybridized carbons (Fsp3) is 0.214. The van der Waals surface area contributed by atoms with Crippen LogP contribution in [0.1, 0.15) is 29.4 Å². The molecule has 3 rings (SSSR count). The molecule has 1 unspecified atom stereocenters. The average Bonchev–Trinajstić information content (AvgIpc) is 3.06. The van der Waals surface area contributed by atoms with E-state index in [1.165, 1.54) is 23.5 Å². The maximum Gasteiger partial charge on any atom is 0.277 e. The molecular formula is C14H13FN4OS. The van der Waals surface area contributed by atoms with Crippen LogP contribution in [0.25, 0.3) is 11.6 Å². The number of thiazole rings is 1. The second kappa shape index (κ2) is 5.71. The van der Waals surface area contributed by atoms with Crippen LogP contribution in [-0.4, -0.2) is 15.1 Å². The number of hydrogen-bond donors (Lipinski definition) is 1. The fourth-order valence-electron chi connectivity index (χ4n) is 1.85. The molecule has 2 heterocycles. The average molecular weight is 304 g/mol. The van der Waals surface area contributed by atoms with E-state index in [9.17, 15) is 4.39 Å². The lowest BCUT2D eigenvalue weighted by molar-refractivity contribution is 0.422. The van der Waals surface area contributed by atoms with Crippen molar-refractivity contribution in [1.82, 2.24) is 15.1 Å². The van der Waals surface area contributed by atoms with E-state index in [0.29, 0.717) is 23.8 Å². The highest BCUT2D eigenvalue weighted by Crippen LogP contribution is 2.23. The van der Waals surface area contributed by atoms with Crippen molar-refractivity contribution in [1.29, 1.82) is 0 Å². The molecule has 0 radical (unpaired) electrons. The van der Waals surface area contributed by atoms with Crippen LogP contribution in [0.3, 0.4) is 0 Å². The summed E-state index contributed by atoms with van der Waals surface area (Å²) in [5.74, 6) is 0.563. The number of halogens is 1. The van der Waals surface area contributed by atoms with E-state index in [1.807, 2.05) is 18.4 Å². The molecule has 3 aromatic rings. The molecule has 0 amide bonds. The fourth-order valence-corrected chi connectivity index (χ4v) is 2.61. The lowest BCUT2D eigenvalue weighted by Gasteiger charge is -1.96. The number of hydrogen-bond acceptors (Lipinski definition) is 6. The van der Waals surface area contributed by atoms with Gasteiger partial charge in [-0.15, -0.1) is 11.3 Å². The van der Waals surface area contributed by atoms with Crippen LogP contribution in [0.15, 0.2) is 34.2 Å². The number of nitrogens with zero attached hydrogens (tertiary/aromatic N) is 3. The molecule has 7 heteroatoms. The van der Waals surface area contributed by atoms with Crippen molar-refractivity contribution >= 4 is 11.3 Å². The first kappa shape index (κ1) is 13.8. The van der Waals surface area contributed by atoms with E-state index in [4.69, 9.17) is 10.3 Å². The molecule has 5 nitrogen and oxygen atoms in total. The molecule has 0 saturated carbocycles. The van der Waals surface area contributed by atoms with Gasteiger partial charge in [-0.3, -0.25) is 0 Å². The summed E-state index contributed by atoms with van der Waals surface area (Å²) in [6.45, 7) is 1.87. The van der Waals surface area contributed by atoms with E-state index >= 15 is 0 Å². The van der Waals surface area contributed by atoms with Crippen molar-refractivity contribution in [2.24, 2.45) is 5.73 Å². The summed E-state index contributed by atoms with van der Waals surface area (Å²) in [4.78, 5) is 8.63. The quantitative estimate of drug-likeness (QED) is 0.801. The Morgan fingerprint density at radius 1 is 1.38 bits per heavy atom. The molecule has 0 aliphatic heterocycles. The van der Waals surface area contributed by atoms with Gasteiger partial charge in [-0.2, -0.15) is 4.98 Å². The van der Waals surface area contributed by atoms with Crippen molar-refractivity contribution in [3.05, 3.63) is 51.9 Å². The monoisotopic (exact) mass is 304 g/mol. The molecule has 0 fully saturated rings. The predicted octanol–water partition coefficient (Wildman–Crippen LogP) is 2.94. The van der Waals surface area contributed by atoms with Crippen LogP contribution in [0.4, 0.5) is 4.39 Å². The third-order valence-electron chi connectivity index (χ3n) is 2.85. The first-order chi connectivity index (χ1) is 10.1. The molecule has 1 atom stereocenters. The van der Waals surface area contributed by atoms with Crippen LogP contribution in [0.2, 0.25) is 0 Å². The number of benzene rings is 1. The SMILES string of the molecule is CC(N)c1nc(-c2nc(Cc3cccc(F)c3)no2)cs1. The summed E-state index contributed by atoms with van der Waals surface area (Å²) in [5.41, 5.74) is 7.18. The number of aromatic nitrogens is 3. The number of rotatable bonds is 4. The van der Waals surface area contributed by atoms with E-state index in [-0.39, 0.29) is 11.9 Å². The molecule has 2 N–H and O–H groups in total. The first-order valence-electron chi connectivity index (χ1n) is 6.40. The lowest BCUT2D eigenvalue weighted by atomic mass is 10.1. The Labute approximate surface area is 124 Å². The Hall–Kier alpha value is -2.12. The summed E-state index contributed by atoms with van der Waals surface area (Å²) < 4.78 is 18.3. The predicted molar refractivity (Wildman–Crippen MR) is 77.2 cm³/mol. The molecular weight excluding hydrogens is 291 g/mol. The van der Waals surface area contributed by atoms with Gasteiger partial charge in [0.05, 0.1) is 6.04 Å². The van der Waals surface area contributed by atoms with Gasteiger partial charge in [-0.05, 0) is 24.6 Å². The zero-order valence-electron chi connectivity index (χ0n) is 11.3. The number of nitrogens with two attached hydrogens (primary N) is 1. The lowest BCUT2D eigenvalue weighted by Crippen LogP contribution is -2.03. The highest BCUT2D eigenvalue weighted by molar-refractivity contribution is 7.10. The van der Waals surface area contributed by atoms with Gasteiger partial charge in [-0.25, -0.2) is 9.37 Å². The Balaban J connectivity index is 1.79. The summed E-state index contributed by atoms with van der Waals surface area (Å²) in [7, 11) is 0. The van der Waals surface area contributed by atoms with E-state index in [1.54, 1.807) is 6.07 Å². The maximum atomic E-state index is 13.1. The van der Waals surface area contributed by atoms with Crippen molar-refractivity contribution in [2.45, 2.75) is 19.4 Å². The van der Waals surface area contributed by atoms with E-state index in [0.717, 1.165) is 10.6 Å². The zero-order chi connectivity index (χ0) is 14.8. The minimum Gasteiger partial charge on any atom is -0.332 e. The summed E-state index contributed by atoms with van der Waals surface area (Å²) in [6.07, 6.45) is 0.408. The van der Waals surface area contributed by atoms with Gasteiger partial charge < -0.3 is 10.3 Å². The largest absolute Gasteiger partial charge is 0.332 e. The Morgan fingerprint density at radius 2 is 2.24 bits per heavy atom. The third-order valence-corrected chi connectivity index (χ3v) is 3.90. The van der Waals surface area contributed by atoms with Crippen molar-refractivity contribution in [3.63, 3.8) is 0 Å². The zero-order valence-corrected chi connectivity index (χ0v) is 12.1. The Kier molecular flexibility index (Phi) is 3.76. The van der Waals surface area contributed by atoms with Gasteiger partial charge in [0.15, 0.2) is 5.82 Å². The minimum atomic E-state index is -0.280. The second-order valence-electron chi connectivity index (χ2n) is 4.68. The van der Waals surface area contributed by atoms with Gasteiger partial charge in [0.2, 0.25) is 0 Å². The van der Waals surface area contributed by atoms with Crippen molar-refractivity contribution in [2.75, 3.05) is 0 Å². The van der Waals surface area contributed by atoms with Crippen molar-refractivity contribution < 1.29 is 8.91 Å². The van der Waals surface area contributed by atoms with Crippen molar-refractivity contribution in [3.8, 4) is 11.6 Å². The second-order valence-corrected chi connectivity index (χ2v) is 5.57. The molecule has 0 spiro atoms. The van der Waals surface area contributed by atoms with Gasteiger partial charge in [0.1, 0.15) is 16.5 Å². The molecule has 2 aromatic heterocycles. The normalized spacial score (nSPS) is 12.5. The van der Waals surface area contributed by atoms with Crippen LogP contribution in [0, 0.1) is 5.82 Å². The molecule has 1 aromatic carbocycles. The molecule has 0 bridgehead atoms. The summed E-state index contributed by atoms with van der Waals surface area (Å²) in [6, 6.07) is 6.19. The third kappa shape index (κ3) is 3.14. The van der Waals surface area contributed by atoms with E-state index < -0.39 is 0 Å². The van der Waals surface area contributed by atoms with Gasteiger partial charge in [0, 0.05) is 11.8 Å². The topological polar surface area (TPSA) is 77.8 Å². The van der Waals surface area contributed by atoms with Crippen LogP contribution in [0.5, 0.6) is 0 Å². The van der Waals surface area contributed by atoms with Crippen LogP contribution in [-0.2, 0) is 6.42 Å². The van der Waals surface area contributed by atoms with Crippen LogP contribution < -0.4 is 5.73 Å². The molecule has 21 heavy (non-hydrogen) atoms. The van der Waals surface area contributed by atoms with Gasteiger partial charge >= 0.3 is 0 Å². The van der Waals surface area contributed by atoms with Gasteiger partial charge in [-0.1, -0.05) is 17.3 Å². The molecule has 0 aliphatic carbocycles. The standard InChI is InChI=1S/C14H13FN4OS/c1-8(16)14-17-11(7-21-14)13-18-12(19-20-13)6-9-3-2-4-10(15)5-9/h2-5,7-8H,6,16H2,1H3. The molecule has 108 valence electrons. The summed E-state index contributed by atoms with van der Waals surface area (Å²) >= 11 is 1.45. The van der Waals surface area contributed by atoms with E-state index in [2.05, 4.69) is 15.1 Å². The highest BCUT2D eigenvalue weighted by atomic mass is 32.1. The highest BCUT2D eigenvalue weighted by Gasteiger charge is 2.14. The molecule has 0 saturated heterocycles. The van der Waals surface area contributed by atoms with Crippen LogP contribution >= 0.6 is 11.3 Å². The maximum absolute atomic E-state index is 13.1. The Morgan fingerprint density at radius 3 is 2.95 bits per heavy atom. The first-order valence-corrected chi connectivity index (χ1v) is 7.28. The minimum absolute atomic E-state index is 0.126. The summed E-state index contributed by atoms with van der Waals surface area (Å²) in [5, 5.41) is 6.54. The van der Waals surface area contributed by atoms with Gasteiger partial charge in [0.25, 0.3) is 5.89 Å². The Bertz CT molecular complexity index is 753.